The highest BCUT2D eigenvalue weighted by atomic mass is 32.2. The van der Waals surface area contributed by atoms with E-state index in [9.17, 15) is 4.79 Å². The topological polar surface area (TPSA) is 95.4 Å². The van der Waals surface area contributed by atoms with E-state index in [-0.39, 0.29) is 11.5 Å². The summed E-state index contributed by atoms with van der Waals surface area (Å²) in [4.78, 5) is 13.0. The van der Waals surface area contributed by atoms with Gasteiger partial charge in [0.2, 0.25) is 10.1 Å². The number of aryl methyl sites for hydroxylation is 1. The summed E-state index contributed by atoms with van der Waals surface area (Å²) in [6.45, 7) is 1.82. The maximum Gasteiger partial charge on any atom is 0.235 e. The number of aromatic nitrogens is 5. The minimum atomic E-state index is -0.00279. The van der Waals surface area contributed by atoms with Gasteiger partial charge in [-0.15, -0.1) is 10.2 Å². The maximum atomic E-state index is 12.3. The van der Waals surface area contributed by atoms with Gasteiger partial charge in [0.25, 0.3) is 0 Å². The molecular weight excluding hydrogens is 374 g/mol. The smallest absolute Gasteiger partial charge is 0.235 e. The van der Waals surface area contributed by atoms with Crippen LogP contribution in [0.2, 0.25) is 0 Å². The fraction of sp³-hybridized carbons (Fsp3) is 0.188. The summed E-state index contributed by atoms with van der Waals surface area (Å²) >= 11 is 2.65. The van der Waals surface area contributed by atoms with E-state index >= 15 is 0 Å². The number of fused-ring (bicyclic) bond motifs is 1. The first-order valence-electron chi connectivity index (χ1n) is 7.60. The number of methoxy groups -OCH3 is 1. The van der Waals surface area contributed by atoms with Crippen molar-refractivity contribution in [3.63, 3.8) is 0 Å². The van der Waals surface area contributed by atoms with Crippen molar-refractivity contribution in [1.29, 1.82) is 0 Å². The summed E-state index contributed by atoms with van der Waals surface area (Å²) < 4.78 is 11.8. The van der Waals surface area contributed by atoms with Gasteiger partial charge in [-0.2, -0.15) is 9.61 Å². The summed E-state index contributed by atoms with van der Waals surface area (Å²) in [6, 6.07) is 8.83. The highest BCUT2D eigenvalue weighted by Crippen LogP contribution is 2.27. The normalized spacial score (nSPS) is 11.2. The lowest BCUT2D eigenvalue weighted by atomic mass is 10.1. The van der Waals surface area contributed by atoms with Crippen molar-refractivity contribution in [1.82, 2.24) is 25.0 Å². The van der Waals surface area contributed by atoms with Crippen molar-refractivity contribution in [2.75, 3.05) is 12.9 Å². The summed E-state index contributed by atoms with van der Waals surface area (Å²) in [5.74, 6) is 1.66. The van der Waals surface area contributed by atoms with Gasteiger partial charge >= 0.3 is 0 Å². The van der Waals surface area contributed by atoms with Gasteiger partial charge in [-0.3, -0.25) is 4.79 Å². The summed E-state index contributed by atoms with van der Waals surface area (Å²) in [5, 5.41) is 17.9. The van der Waals surface area contributed by atoms with E-state index in [0.29, 0.717) is 37.9 Å². The molecule has 0 atom stereocenters. The highest BCUT2D eigenvalue weighted by molar-refractivity contribution is 7.99. The lowest BCUT2D eigenvalue weighted by Gasteiger charge is -2.02. The molecule has 0 spiro atoms. The largest absolute Gasteiger partial charge is 0.497 e. The second-order valence-electron chi connectivity index (χ2n) is 5.35. The average molecular weight is 387 g/mol. The molecule has 0 aliphatic carbocycles. The maximum absolute atomic E-state index is 12.3. The second kappa shape index (κ2) is 6.89. The predicted molar refractivity (Wildman–Crippen MR) is 96.9 cm³/mol. The van der Waals surface area contributed by atoms with E-state index in [4.69, 9.17) is 9.26 Å². The molecule has 0 unspecified atom stereocenters. The fourth-order valence-corrected chi connectivity index (χ4v) is 3.87. The number of Topliss-reactive ketones (excluding diaryl/α,β-unsaturated/α-hetero) is 1. The molecule has 0 amide bonds. The Kier molecular flexibility index (Phi) is 4.43. The number of ketones is 1. The molecule has 3 heterocycles. The van der Waals surface area contributed by atoms with Crippen LogP contribution in [0.5, 0.6) is 5.75 Å². The quantitative estimate of drug-likeness (QED) is 0.368. The van der Waals surface area contributed by atoms with Crippen molar-refractivity contribution >= 4 is 33.8 Å². The van der Waals surface area contributed by atoms with Crippen LogP contribution in [0.15, 0.2) is 40.0 Å². The molecule has 26 heavy (non-hydrogen) atoms. The predicted octanol–water partition coefficient (Wildman–Crippen LogP) is 3.13. The van der Waals surface area contributed by atoms with Crippen LogP contribution in [0.25, 0.3) is 15.7 Å². The Hall–Kier alpha value is -2.72. The van der Waals surface area contributed by atoms with Gasteiger partial charge in [0, 0.05) is 11.6 Å². The number of ether oxygens (including phenoxy) is 1. The van der Waals surface area contributed by atoms with Crippen LogP contribution in [0.1, 0.15) is 16.1 Å². The van der Waals surface area contributed by atoms with Crippen molar-refractivity contribution in [3.05, 3.63) is 41.7 Å². The first-order valence-corrected chi connectivity index (χ1v) is 9.40. The van der Waals surface area contributed by atoms with Crippen LogP contribution < -0.4 is 4.74 Å². The Morgan fingerprint density at radius 2 is 2.12 bits per heavy atom. The molecule has 4 rings (SSSR count). The molecule has 0 saturated carbocycles. The lowest BCUT2D eigenvalue weighted by Crippen LogP contribution is -2.03. The number of nitrogens with zero attached hydrogens (tertiary/aromatic N) is 5. The third kappa shape index (κ3) is 3.20. The molecular formula is C16H13N5O3S2. The molecule has 0 aliphatic heterocycles. The van der Waals surface area contributed by atoms with Gasteiger partial charge in [0.1, 0.15) is 17.2 Å². The Labute approximate surface area is 156 Å². The summed E-state index contributed by atoms with van der Waals surface area (Å²) in [7, 11) is 1.59. The van der Waals surface area contributed by atoms with Crippen LogP contribution >= 0.6 is 23.1 Å². The van der Waals surface area contributed by atoms with E-state index in [2.05, 4.69) is 20.5 Å². The van der Waals surface area contributed by atoms with E-state index in [0.717, 1.165) is 0 Å². The van der Waals surface area contributed by atoms with Crippen molar-refractivity contribution in [2.24, 2.45) is 0 Å². The van der Waals surface area contributed by atoms with Crippen LogP contribution in [0, 0.1) is 6.92 Å². The van der Waals surface area contributed by atoms with Gasteiger partial charge in [0.05, 0.1) is 12.9 Å². The molecule has 0 radical (unpaired) electrons. The molecule has 0 aliphatic rings. The van der Waals surface area contributed by atoms with E-state index in [1.165, 1.54) is 23.1 Å². The van der Waals surface area contributed by atoms with E-state index < -0.39 is 0 Å². The number of carbonyl (C=O) groups is 1. The third-order valence-electron chi connectivity index (χ3n) is 3.55. The number of thioether (sulfide) groups is 1. The van der Waals surface area contributed by atoms with Crippen LogP contribution in [0.4, 0.5) is 0 Å². The van der Waals surface area contributed by atoms with Gasteiger partial charge in [-0.25, -0.2) is 0 Å². The first kappa shape index (κ1) is 16.7. The number of rotatable bonds is 6. The van der Waals surface area contributed by atoms with Crippen LogP contribution in [0.3, 0.4) is 0 Å². The van der Waals surface area contributed by atoms with Gasteiger partial charge in [-0.1, -0.05) is 28.3 Å². The number of hydrogen-bond acceptors (Lipinski definition) is 9. The van der Waals surface area contributed by atoms with Gasteiger partial charge < -0.3 is 9.26 Å². The van der Waals surface area contributed by atoms with Gasteiger partial charge in [-0.05, 0) is 31.2 Å². The Morgan fingerprint density at radius 1 is 1.31 bits per heavy atom. The molecule has 0 N–H and O–H groups in total. The molecule has 4 aromatic rings. The molecule has 0 fully saturated rings. The number of benzene rings is 1. The minimum Gasteiger partial charge on any atom is -0.497 e. The molecule has 1 aromatic carbocycles. The molecule has 3 aromatic heterocycles. The standard InChI is InChI=1S/C16H13N5O3S2/c1-9-7-12(20-24-9)14-19-21-15(17-18-16(21)26-14)25-8-13(22)10-3-5-11(23-2)6-4-10/h3-7H,8H2,1-2H3. The Bertz CT molecular complexity index is 1070. The Balaban J connectivity index is 1.50. The van der Waals surface area contributed by atoms with Crippen LogP contribution in [-0.4, -0.2) is 43.6 Å². The van der Waals surface area contributed by atoms with Crippen LogP contribution in [-0.2, 0) is 0 Å². The number of hydrogen-bond donors (Lipinski definition) is 0. The second-order valence-corrected chi connectivity index (χ2v) is 7.25. The minimum absolute atomic E-state index is 0.00279. The van der Waals surface area contributed by atoms with Crippen molar-refractivity contribution < 1.29 is 14.1 Å². The van der Waals surface area contributed by atoms with Gasteiger partial charge in [0.15, 0.2) is 10.8 Å². The molecule has 132 valence electrons. The first-order chi connectivity index (χ1) is 12.6. The fourth-order valence-electron chi connectivity index (χ4n) is 2.25. The monoisotopic (exact) mass is 387 g/mol. The Morgan fingerprint density at radius 3 is 2.81 bits per heavy atom. The summed E-state index contributed by atoms with van der Waals surface area (Å²) in [6.07, 6.45) is 0. The zero-order chi connectivity index (χ0) is 18.1. The lowest BCUT2D eigenvalue weighted by molar-refractivity contribution is 0.102. The summed E-state index contributed by atoms with van der Waals surface area (Å²) in [5.41, 5.74) is 1.28. The molecule has 10 heteroatoms. The average Bonchev–Trinajstić information content (AvgIpc) is 3.35. The zero-order valence-electron chi connectivity index (χ0n) is 13.9. The SMILES string of the molecule is COc1ccc(C(=O)CSc2nnc3sc(-c4cc(C)on4)nn23)cc1. The molecule has 8 nitrogen and oxygen atoms in total. The van der Waals surface area contributed by atoms with E-state index in [1.54, 1.807) is 35.9 Å². The van der Waals surface area contributed by atoms with Crippen molar-refractivity contribution in [3.8, 4) is 16.5 Å². The molecule has 0 bridgehead atoms. The highest BCUT2D eigenvalue weighted by Gasteiger charge is 2.17. The molecule has 0 saturated heterocycles. The zero-order valence-corrected chi connectivity index (χ0v) is 15.5. The van der Waals surface area contributed by atoms with Crippen molar-refractivity contribution in [2.45, 2.75) is 12.1 Å². The number of carbonyl (C=O) groups excluding carboxylic acids is 1. The van der Waals surface area contributed by atoms with E-state index in [1.807, 2.05) is 13.0 Å². The third-order valence-corrected chi connectivity index (χ3v) is 5.39.